The van der Waals surface area contributed by atoms with Gasteiger partial charge in [0, 0.05) is 17.0 Å². The number of thioether (sulfide) groups is 1. The van der Waals surface area contributed by atoms with Crippen molar-refractivity contribution in [3.05, 3.63) is 35.9 Å². The van der Waals surface area contributed by atoms with Crippen molar-refractivity contribution in [2.45, 2.75) is 24.3 Å². The maximum absolute atomic E-state index is 11.1. The fraction of sp³-hybridized carbons (Fsp3) is 0.462. The number of rotatable bonds is 6. The van der Waals surface area contributed by atoms with Crippen LogP contribution >= 0.6 is 11.8 Å². The molecule has 0 saturated carbocycles. The molecule has 4 heteroatoms. The van der Waals surface area contributed by atoms with Crippen LogP contribution < -0.4 is 11.1 Å². The Labute approximate surface area is 107 Å². The molecule has 3 nitrogen and oxygen atoms in total. The van der Waals surface area contributed by atoms with E-state index in [2.05, 4.69) is 31.3 Å². The lowest BCUT2D eigenvalue weighted by molar-refractivity contribution is -0.119. The second-order valence-electron chi connectivity index (χ2n) is 4.51. The lowest BCUT2D eigenvalue weighted by Gasteiger charge is -2.24. The predicted molar refractivity (Wildman–Crippen MR) is 73.9 cm³/mol. The van der Waals surface area contributed by atoms with Crippen molar-refractivity contribution in [3.8, 4) is 0 Å². The number of hydrogen-bond donors (Lipinski definition) is 2. The van der Waals surface area contributed by atoms with Crippen molar-refractivity contribution in [1.29, 1.82) is 0 Å². The topological polar surface area (TPSA) is 55.1 Å². The van der Waals surface area contributed by atoms with Crippen LogP contribution in [0.15, 0.2) is 30.3 Å². The number of benzene rings is 1. The van der Waals surface area contributed by atoms with Crippen LogP contribution in [-0.2, 0) is 10.5 Å². The summed E-state index contributed by atoms with van der Waals surface area (Å²) in [5.74, 6) is 0.852. The molecule has 0 aromatic heterocycles. The SMILES string of the molecule is CC(C)(CNC(=O)CN)SCc1ccccc1. The van der Waals surface area contributed by atoms with Gasteiger partial charge >= 0.3 is 0 Å². The van der Waals surface area contributed by atoms with Crippen molar-refractivity contribution >= 4 is 17.7 Å². The Morgan fingerprint density at radius 2 is 2.00 bits per heavy atom. The number of carbonyl (C=O) groups is 1. The molecule has 0 unspecified atom stereocenters. The van der Waals surface area contributed by atoms with Gasteiger partial charge in [-0.25, -0.2) is 0 Å². The van der Waals surface area contributed by atoms with Crippen LogP contribution in [-0.4, -0.2) is 23.7 Å². The van der Waals surface area contributed by atoms with E-state index >= 15 is 0 Å². The van der Waals surface area contributed by atoms with Crippen molar-refractivity contribution in [2.24, 2.45) is 5.73 Å². The highest BCUT2D eigenvalue weighted by molar-refractivity contribution is 7.99. The molecule has 0 bridgehead atoms. The molecule has 0 heterocycles. The van der Waals surface area contributed by atoms with Gasteiger partial charge in [0.2, 0.25) is 5.91 Å². The van der Waals surface area contributed by atoms with Crippen molar-refractivity contribution in [3.63, 3.8) is 0 Å². The van der Waals surface area contributed by atoms with E-state index in [1.807, 2.05) is 30.0 Å². The van der Waals surface area contributed by atoms with E-state index in [1.165, 1.54) is 5.56 Å². The lowest BCUT2D eigenvalue weighted by atomic mass is 10.2. The van der Waals surface area contributed by atoms with E-state index < -0.39 is 0 Å². The van der Waals surface area contributed by atoms with Gasteiger partial charge in [0.05, 0.1) is 6.54 Å². The highest BCUT2D eigenvalue weighted by Crippen LogP contribution is 2.27. The summed E-state index contributed by atoms with van der Waals surface area (Å²) in [5, 5.41) is 2.82. The van der Waals surface area contributed by atoms with E-state index in [4.69, 9.17) is 5.73 Å². The number of hydrogen-bond acceptors (Lipinski definition) is 3. The van der Waals surface area contributed by atoms with E-state index in [1.54, 1.807) is 0 Å². The zero-order valence-corrected chi connectivity index (χ0v) is 11.2. The average Bonchev–Trinajstić information content (AvgIpc) is 2.35. The molecule has 3 N–H and O–H groups in total. The number of carbonyl (C=O) groups excluding carboxylic acids is 1. The fourth-order valence-electron chi connectivity index (χ4n) is 1.29. The summed E-state index contributed by atoms with van der Waals surface area (Å²) in [7, 11) is 0. The van der Waals surface area contributed by atoms with Gasteiger partial charge in [0.15, 0.2) is 0 Å². The molecule has 94 valence electrons. The van der Waals surface area contributed by atoms with E-state index in [9.17, 15) is 4.79 Å². The zero-order valence-electron chi connectivity index (χ0n) is 10.4. The predicted octanol–water partition coefficient (Wildman–Crippen LogP) is 1.77. The van der Waals surface area contributed by atoms with Gasteiger partial charge < -0.3 is 11.1 Å². The summed E-state index contributed by atoms with van der Waals surface area (Å²) in [6.45, 7) is 4.94. The van der Waals surface area contributed by atoms with Crippen LogP contribution in [0.4, 0.5) is 0 Å². The first-order valence-corrected chi connectivity index (χ1v) is 6.67. The molecular formula is C13H20N2OS. The molecular weight excluding hydrogens is 232 g/mol. The van der Waals surface area contributed by atoms with Crippen LogP contribution in [0.5, 0.6) is 0 Å². The first-order valence-electron chi connectivity index (χ1n) is 5.68. The minimum atomic E-state index is -0.0987. The van der Waals surface area contributed by atoms with E-state index in [0.717, 1.165) is 5.75 Å². The molecule has 17 heavy (non-hydrogen) atoms. The lowest BCUT2D eigenvalue weighted by Crippen LogP contribution is -2.39. The fourth-order valence-corrected chi connectivity index (χ4v) is 2.21. The molecule has 1 aromatic carbocycles. The largest absolute Gasteiger partial charge is 0.354 e. The summed E-state index contributed by atoms with van der Waals surface area (Å²) in [5.41, 5.74) is 6.55. The third kappa shape index (κ3) is 5.75. The monoisotopic (exact) mass is 252 g/mol. The summed E-state index contributed by atoms with van der Waals surface area (Å²) < 4.78 is 0.0146. The van der Waals surface area contributed by atoms with Gasteiger partial charge in [-0.15, -0.1) is 11.8 Å². The summed E-state index contributed by atoms with van der Waals surface area (Å²) in [6, 6.07) is 10.3. The first-order chi connectivity index (χ1) is 8.03. The standard InChI is InChI=1S/C13H20N2OS/c1-13(2,10-15-12(16)8-14)17-9-11-6-4-3-5-7-11/h3-7H,8-10,14H2,1-2H3,(H,15,16). The molecule has 0 aliphatic rings. The second-order valence-corrected chi connectivity index (χ2v) is 6.20. The summed E-state index contributed by atoms with van der Waals surface area (Å²) >= 11 is 1.83. The smallest absolute Gasteiger partial charge is 0.233 e. The minimum absolute atomic E-state index is 0.0146. The van der Waals surface area contributed by atoms with Crippen LogP contribution in [0.25, 0.3) is 0 Å². The average molecular weight is 252 g/mol. The van der Waals surface area contributed by atoms with Gasteiger partial charge in [-0.2, -0.15) is 0 Å². The zero-order chi connectivity index (χ0) is 12.7. The maximum Gasteiger partial charge on any atom is 0.233 e. The number of amides is 1. The Balaban J connectivity index is 2.36. The number of nitrogens with two attached hydrogens (primary N) is 1. The van der Waals surface area contributed by atoms with Crippen molar-refractivity contribution in [2.75, 3.05) is 13.1 Å². The quantitative estimate of drug-likeness (QED) is 0.811. The maximum atomic E-state index is 11.1. The molecule has 0 atom stereocenters. The van der Waals surface area contributed by atoms with Crippen LogP contribution in [0, 0.1) is 0 Å². The Kier molecular flexibility index (Phi) is 5.51. The Hall–Kier alpha value is -1.00. The van der Waals surface area contributed by atoms with Crippen LogP contribution in [0.2, 0.25) is 0 Å². The third-order valence-electron chi connectivity index (χ3n) is 2.37. The Bertz CT molecular complexity index is 352. The van der Waals surface area contributed by atoms with Crippen LogP contribution in [0.3, 0.4) is 0 Å². The Morgan fingerprint density at radius 1 is 1.35 bits per heavy atom. The molecule has 0 aliphatic carbocycles. The Morgan fingerprint density at radius 3 is 2.59 bits per heavy atom. The van der Waals surface area contributed by atoms with Gasteiger partial charge in [-0.05, 0) is 19.4 Å². The third-order valence-corrected chi connectivity index (χ3v) is 3.77. The van der Waals surface area contributed by atoms with Crippen molar-refractivity contribution < 1.29 is 4.79 Å². The molecule has 0 radical (unpaired) electrons. The van der Waals surface area contributed by atoms with E-state index in [-0.39, 0.29) is 17.2 Å². The second kappa shape index (κ2) is 6.67. The van der Waals surface area contributed by atoms with Gasteiger partial charge in [-0.1, -0.05) is 30.3 Å². The van der Waals surface area contributed by atoms with Crippen molar-refractivity contribution in [1.82, 2.24) is 5.32 Å². The highest BCUT2D eigenvalue weighted by Gasteiger charge is 2.18. The molecule has 0 saturated heterocycles. The molecule has 0 spiro atoms. The molecule has 0 fully saturated rings. The first kappa shape index (κ1) is 14.1. The van der Waals surface area contributed by atoms with Gasteiger partial charge in [-0.3, -0.25) is 4.79 Å². The summed E-state index contributed by atoms with van der Waals surface area (Å²) in [4.78, 5) is 11.1. The summed E-state index contributed by atoms with van der Waals surface area (Å²) in [6.07, 6.45) is 0. The molecule has 1 rings (SSSR count). The van der Waals surface area contributed by atoms with E-state index in [0.29, 0.717) is 6.54 Å². The number of nitrogens with one attached hydrogen (secondary N) is 1. The highest BCUT2D eigenvalue weighted by atomic mass is 32.2. The van der Waals surface area contributed by atoms with Gasteiger partial charge in [0.1, 0.15) is 0 Å². The molecule has 1 aromatic rings. The minimum Gasteiger partial charge on any atom is -0.354 e. The molecule has 1 amide bonds. The molecule has 0 aliphatic heterocycles. The van der Waals surface area contributed by atoms with Gasteiger partial charge in [0.25, 0.3) is 0 Å². The van der Waals surface area contributed by atoms with Crippen LogP contribution in [0.1, 0.15) is 19.4 Å². The normalized spacial score (nSPS) is 11.2.